The molecule has 2 rings (SSSR count). The van der Waals surface area contributed by atoms with Gasteiger partial charge in [-0.15, -0.1) is 11.3 Å². The van der Waals surface area contributed by atoms with E-state index < -0.39 is 0 Å². The molecule has 1 aromatic heterocycles. The summed E-state index contributed by atoms with van der Waals surface area (Å²) in [5.41, 5.74) is 1.08. The molecule has 0 fully saturated rings. The van der Waals surface area contributed by atoms with E-state index in [1.165, 1.54) is 4.88 Å². The second-order valence-corrected chi connectivity index (χ2v) is 5.14. The highest BCUT2D eigenvalue weighted by Gasteiger charge is 2.02. The van der Waals surface area contributed by atoms with Gasteiger partial charge < -0.3 is 4.74 Å². The summed E-state index contributed by atoms with van der Waals surface area (Å²) in [4.78, 5) is 5.64. The first kappa shape index (κ1) is 14.1. The minimum absolute atomic E-state index is 0.541. The molecule has 0 bridgehead atoms. The Bertz CT molecular complexity index is 597. The van der Waals surface area contributed by atoms with Crippen LogP contribution in [0, 0.1) is 11.5 Å². The third kappa shape index (κ3) is 4.11. The largest absolute Gasteiger partial charge is 0.497 e. The summed E-state index contributed by atoms with van der Waals surface area (Å²) in [5.74, 6) is 1.51. The van der Waals surface area contributed by atoms with Crippen LogP contribution in [0.3, 0.4) is 0 Å². The summed E-state index contributed by atoms with van der Waals surface area (Å²) in [6.07, 6.45) is 2.59. The van der Waals surface area contributed by atoms with E-state index >= 15 is 0 Å². The molecule has 0 aliphatic rings. The molecule has 1 heterocycles. The van der Waals surface area contributed by atoms with Gasteiger partial charge in [0.2, 0.25) is 0 Å². The molecule has 20 heavy (non-hydrogen) atoms. The minimum atomic E-state index is 0.541. The summed E-state index contributed by atoms with van der Waals surface area (Å²) < 4.78 is 5.11. The molecule has 1 aromatic carbocycles. The van der Waals surface area contributed by atoms with E-state index in [0.717, 1.165) is 11.3 Å². The van der Waals surface area contributed by atoms with Crippen LogP contribution in [0.1, 0.15) is 10.4 Å². The van der Waals surface area contributed by atoms with Crippen molar-refractivity contribution in [2.75, 3.05) is 7.11 Å². The Morgan fingerprint density at radius 3 is 2.75 bits per heavy atom. The number of ether oxygens (including phenoxy) is 1. The van der Waals surface area contributed by atoms with Gasteiger partial charge in [-0.2, -0.15) is 5.26 Å². The summed E-state index contributed by atoms with van der Waals surface area (Å²) in [7, 11) is 1.64. The Hall–Kier alpha value is -2.32. The topological polar surface area (TPSA) is 57.4 Å². The van der Waals surface area contributed by atoms with Crippen LogP contribution in [-0.4, -0.2) is 12.9 Å². The van der Waals surface area contributed by atoms with Crippen LogP contribution >= 0.6 is 11.3 Å². The lowest BCUT2D eigenvalue weighted by Crippen LogP contribution is -2.20. The van der Waals surface area contributed by atoms with Crippen LogP contribution in [0.5, 0.6) is 5.75 Å². The molecule has 0 spiro atoms. The monoisotopic (exact) mass is 285 g/mol. The van der Waals surface area contributed by atoms with E-state index in [0.29, 0.717) is 18.8 Å². The number of nitrogens with zero attached hydrogens (tertiary/aromatic N) is 2. The van der Waals surface area contributed by atoms with Gasteiger partial charge in [0.1, 0.15) is 11.6 Å². The second kappa shape index (κ2) is 7.31. The zero-order valence-electron chi connectivity index (χ0n) is 11.2. The molecule has 0 aliphatic carbocycles. The van der Waals surface area contributed by atoms with E-state index in [9.17, 15) is 0 Å². The van der Waals surface area contributed by atoms with Crippen LogP contribution in [0.25, 0.3) is 0 Å². The van der Waals surface area contributed by atoms with E-state index in [2.05, 4.69) is 10.3 Å². The van der Waals surface area contributed by atoms with Crippen LogP contribution in [0.2, 0.25) is 0 Å². The molecule has 102 valence electrons. The average molecular weight is 285 g/mol. The van der Waals surface area contributed by atoms with Crippen LogP contribution in [0.4, 0.5) is 0 Å². The van der Waals surface area contributed by atoms with Crippen molar-refractivity contribution in [3.63, 3.8) is 0 Å². The number of rotatable bonds is 5. The van der Waals surface area contributed by atoms with Gasteiger partial charge in [-0.1, -0.05) is 18.2 Å². The van der Waals surface area contributed by atoms with Gasteiger partial charge in [0.25, 0.3) is 0 Å². The van der Waals surface area contributed by atoms with Crippen molar-refractivity contribution in [1.82, 2.24) is 5.32 Å². The first-order valence-electron chi connectivity index (χ1n) is 6.15. The molecule has 0 atom stereocenters. The highest BCUT2D eigenvalue weighted by molar-refractivity contribution is 7.10. The fraction of sp³-hybridized carbons (Fsp3) is 0.200. The lowest BCUT2D eigenvalue weighted by atomic mass is 10.2. The Kier molecular flexibility index (Phi) is 5.15. The van der Waals surface area contributed by atoms with Gasteiger partial charge in [-0.3, -0.25) is 10.3 Å². The molecule has 4 nitrogen and oxygen atoms in total. The van der Waals surface area contributed by atoms with E-state index in [-0.39, 0.29) is 0 Å². The first-order chi connectivity index (χ1) is 9.81. The number of benzene rings is 1. The van der Waals surface area contributed by atoms with Gasteiger partial charge in [0.15, 0.2) is 6.19 Å². The van der Waals surface area contributed by atoms with E-state index in [4.69, 9.17) is 10.00 Å². The molecule has 0 saturated heterocycles. The highest BCUT2D eigenvalue weighted by atomic mass is 32.1. The van der Waals surface area contributed by atoms with Gasteiger partial charge in [-0.05, 0) is 29.1 Å². The van der Waals surface area contributed by atoms with Crippen molar-refractivity contribution in [2.24, 2.45) is 4.99 Å². The van der Waals surface area contributed by atoms with Crippen molar-refractivity contribution in [3.05, 3.63) is 52.2 Å². The standard InChI is InChI=1S/C15H15N3OS/c1-19-13-6-4-12(5-7-13)10-17-15(18-11-16)9-14-3-2-8-20-14/h2-8H,9-10H2,1H3,(H,17,18). The fourth-order valence-corrected chi connectivity index (χ4v) is 2.41. The first-order valence-corrected chi connectivity index (χ1v) is 7.03. The van der Waals surface area contributed by atoms with Gasteiger partial charge in [0, 0.05) is 11.3 Å². The van der Waals surface area contributed by atoms with Crippen molar-refractivity contribution < 1.29 is 4.74 Å². The summed E-state index contributed by atoms with van der Waals surface area (Å²) in [5, 5.41) is 13.4. The molecule has 0 saturated carbocycles. The van der Waals surface area contributed by atoms with Crippen LogP contribution < -0.4 is 10.1 Å². The maximum atomic E-state index is 8.78. The van der Waals surface area contributed by atoms with Gasteiger partial charge >= 0.3 is 0 Å². The number of aliphatic imine (C=N–C) groups is 1. The number of hydrogen-bond donors (Lipinski definition) is 1. The molecule has 0 unspecified atom stereocenters. The Morgan fingerprint density at radius 2 is 2.15 bits per heavy atom. The Balaban J connectivity index is 2.02. The fourth-order valence-electron chi connectivity index (χ4n) is 1.70. The highest BCUT2D eigenvalue weighted by Crippen LogP contribution is 2.13. The van der Waals surface area contributed by atoms with Crippen molar-refractivity contribution in [3.8, 4) is 11.9 Å². The smallest absolute Gasteiger partial charge is 0.182 e. The van der Waals surface area contributed by atoms with Gasteiger partial charge in [-0.25, -0.2) is 0 Å². The molecule has 1 N–H and O–H groups in total. The Morgan fingerprint density at radius 1 is 1.35 bits per heavy atom. The number of thiophene rings is 1. The maximum Gasteiger partial charge on any atom is 0.182 e. The van der Waals surface area contributed by atoms with Crippen molar-refractivity contribution >= 4 is 17.2 Å². The lowest BCUT2D eigenvalue weighted by Gasteiger charge is -2.04. The third-order valence-electron chi connectivity index (χ3n) is 2.73. The molecule has 0 amide bonds. The zero-order chi connectivity index (χ0) is 14.2. The molecule has 5 heteroatoms. The van der Waals surface area contributed by atoms with Gasteiger partial charge in [0.05, 0.1) is 13.7 Å². The number of hydrogen-bond acceptors (Lipinski definition) is 4. The van der Waals surface area contributed by atoms with Crippen molar-refractivity contribution in [2.45, 2.75) is 13.0 Å². The molecule has 0 aliphatic heterocycles. The molecule has 2 aromatic rings. The lowest BCUT2D eigenvalue weighted by molar-refractivity contribution is 0.414. The maximum absolute atomic E-state index is 8.78. The molecular weight excluding hydrogens is 270 g/mol. The summed E-state index contributed by atoms with van der Waals surface area (Å²) in [6.45, 7) is 0.541. The van der Waals surface area contributed by atoms with Crippen LogP contribution in [-0.2, 0) is 13.0 Å². The molecule has 0 radical (unpaired) electrons. The Labute approximate surface area is 122 Å². The predicted molar refractivity (Wildman–Crippen MR) is 80.9 cm³/mol. The second-order valence-electron chi connectivity index (χ2n) is 4.10. The number of amidine groups is 1. The minimum Gasteiger partial charge on any atom is -0.497 e. The predicted octanol–water partition coefficient (Wildman–Crippen LogP) is 2.97. The van der Waals surface area contributed by atoms with E-state index in [1.807, 2.05) is 48.0 Å². The van der Waals surface area contributed by atoms with E-state index in [1.54, 1.807) is 18.4 Å². The average Bonchev–Trinajstić information content (AvgIpc) is 2.98. The summed E-state index contributed by atoms with van der Waals surface area (Å²) in [6, 6.07) is 11.8. The van der Waals surface area contributed by atoms with Crippen LogP contribution in [0.15, 0.2) is 46.8 Å². The number of methoxy groups -OCH3 is 1. The number of nitriles is 1. The normalized spacial score (nSPS) is 10.9. The number of nitrogens with one attached hydrogen (secondary N) is 1. The summed E-state index contributed by atoms with van der Waals surface area (Å²) >= 11 is 1.66. The quantitative estimate of drug-likeness (QED) is 0.398. The third-order valence-corrected chi connectivity index (χ3v) is 3.61. The SMILES string of the molecule is COc1ccc(CN=C(Cc2cccs2)NC#N)cc1. The molecular formula is C15H15N3OS. The zero-order valence-corrected chi connectivity index (χ0v) is 12.0. The van der Waals surface area contributed by atoms with Crippen molar-refractivity contribution in [1.29, 1.82) is 5.26 Å².